The molecule has 5 N–H and O–H groups in total. The summed E-state index contributed by atoms with van der Waals surface area (Å²) in [5, 5.41) is 13.9. The fraction of sp³-hybridized carbons (Fsp3) is 0.391. The summed E-state index contributed by atoms with van der Waals surface area (Å²) in [5.41, 5.74) is -0.202. The Balaban J connectivity index is 1.69. The number of hydrogen-bond acceptors (Lipinski definition) is 7. The van der Waals surface area contributed by atoms with Crippen molar-refractivity contribution < 1.29 is 35.9 Å². The van der Waals surface area contributed by atoms with Crippen LogP contribution in [0.3, 0.4) is 0 Å². The number of benzene rings is 1. The van der Waals surface area contributed by atoms with Crippen LogP contribution in [0.2, 0.25) is 5.02 Å². The summed E-state index contributed by atoms with van der Waals surface area (Å²) in [6, 6.07) is 3.25. The van der Waals surface area contributed by atoms with E-state index in [0.717, 1.165) is 18.9 Å². The monoisotopic (exact) mass is 605 g/mol. The van der Waals surface area contributed by atoms with Gasteiger partial charge in [0, 0.05) is 35.3 Å². The van der Waals surface area contributed by atoms with E-state index >= 15 is 4.39 Å². The van der Waals surface area contributed by atoms with Gasteiger partial charge in [0.2, 0.25) is 16.0 Å². The molecule has 1 aliphatic rings. The quantitative estimate of drug-likeness (QED) is 0.191. The maximum atomic E-state index is 15.7. The molecule has 11 nitrogen and oxygen atoms in total. The number of alkyl halides is 3. The third-order valence-electron chi connectivity index (χ3n) is 5.75. The van der Waals surface area contributed by atoms with Crippen LogP contribution < -0.4 is 15.4 Å². The molecular formula is C23H24ClF4N7O4S. The molecule has 2 heterocycles. The highest BCUT2D eigenvalue weighted by atomic mass is 35.5. The number of carbonyl (C=O) groups is 1. The molecule has 0 radical (unpaired) electrons. The molecule has 4 rings (SSSR count). The fourth-order valence-corrected chi connectivity index (χ4v) is 5.02. The molecule has 3 aromatic rings. The van der Waals surface area contributed by atoms with Gasteiger partial charge >= 0.3 is 12.3 Å². The number of halogens is 5. The lowest BCUT2D eigenvalue weighted by Gasteiger charge is -2.14. The lowest BCUT2D eigenvalue weighted by atomic mass is 10.1. The van der Waals surface area contributed by atoms with Crippen molar-refractivity contribution in [2.45, 2.75) is 44.3 Å². The largest absolute Gasteiger partial charge is 0.465 e. The third kappa shape index (κ3) is 7.71. The zero-order valence-electron chi connectivity index (χ0n) is 20.8. The molecule has 1 saturated carbocycles. The summed E-state index contributed by atoms with van der Waals surface area (Å²) in [6.07, 6.45) is -4.40. The van der Waals surface area contributed by atoms with Crippen LogP contribution in [0.1, 0.15) is 37.9 Å². The maximum Gasteiger partial charge on any atom is 0.404 e. The zero-order chi connectivity index (χ0) is 29.2. The van der Waals surface area contributed by atoms with Gasteiger partial charge < -0.3 is 20.7 Å². The SMILES string of the molecule is C[C@@H](CNc1nccc(-c2nc(C3CC3)[nH]c2-c2cc(Cl)cc(NS(=O)(=O)CCC(F)(F)F)c2F)n1)NC(=O)O. The van der Waals surface area contributed by atoms with Gasteiger partial charge in [-0.15, -0.1) is 0 Å². The zero-order valence-corrected chi connectivity index (χ0v) is 22.4. The molecule has 1 aliphatic carbocycles. The van der Waals surface area contributed by atoms with Crippen molar-refractivity contribution in [3.63, 3.8) is 0 Å². The highest BCUT2D eigenvalue weighted by Crippen LogP contribution is 2.43. The van der Waals surface area contributed by atoms with Crippen LogP contribution in [0, 0.1) is 5.82 Å². The Labute approximate surface area is 230 Å². The van der Waals surface area contributed by atoms with E-state index in [9.17, 15) is 26.4 Å². The van der Waals surface area contributed by atoms with Crippen molar-refractivity contribution in [1.29, 1.82) is 0 Å². The van der Waals surface area contributed by atoms with E-state index < -0.39 is 52.0 Å². The first kappa shape index (κ1) is 29.3. The van der Waals surface area contributed by atoms with Gasteiger partial charge in [0.05, 0.1) is 29.2 Å². The number of carboxylic acid groups (broad SMARTS) is 1. The number of rotatable bonds is 11. The van der Waals surface area contributed by atoms with Gasteiger partial charge in [-0.3, -0.25) is 4.72 Å². The molecule has 40 heavy (non-hydrogen) atoms. The van der Waals surface area contributed by atoms with Gasteiger partial charge in [-0.05, 0) is 38.0 Å². The Morgan fingerprint density at radius 2 is 2.00 bits per heavy atom. The Bertz CT molecular complexity index is 1510. The second-order valence-electron chi connectivity index (χ2n) is 9.22. The van der Waals surface area contributed by atoms with E-state index in [4.69, 9.17) is 16.7 Å². The lowest BCUT2D eigenvalue weighted by Crippen LogP contribution is -2.36. The topological polar surface area (TPSA) is 162 Å². The van der Waals surface area contributed by atoms with Crippen LogP contribution in [0.5, 0.6) is 0 Å². The molecule has 2 aromatic heterocycles. The Morgan fingerprint density at radius 3 is 2.65 bits per heavy atom. The van der Waals surface area contributed by atoms with Gasteiger partial charge in [-0.1, -0.05) is 11.6 Å². The first-order valence-electron chi connectivity index (χ1n) is 11.9. The molecular weight excluding hydrogens is 582 g/mol. The van der Waals surface area contributed by atoms with Crippen LogP contribution >= 0.6 is 11.6 Å². The number of anilines is 2. The molecule has 0 aliphatic heterocycles. The van der Waals surface area contributed by atoms with Gasteiger partial charge in [0.15, 0.2) is 5.82 Å². The summed E-state index contributed by atoms with van der Waals surface area (Å²) in [7, 11) is -4.56. The molecule has 0 spiro atoms. The van der Waals surface area contributed by atoms with Crippen LogP contribution in [0.15, 0.2) is 24.4 Å². The van der Waals surface area contributed by atoms with Gasteiger partial charge in [-0.2, -0.15) is 13.2 Å². The number of nitrogens with one attached hydrogen (secondary N) is 4. The van der Waals surface area contributed by atoms with Crippen LogP contribution in [-0.4, -0.2) is 64.1 Å². The predicted molar refractivity (Wildman–Crippen MR) is 139 cm³/mol. The molecule has 0 saturated heterocycles. The summed E-state index contributed by atoms with van der Waals surface area (Å²) >= 11 is 6.16. The number of nitrogens with zero attached hydrogens (tertiary/aromatic N) is 3. The van der Waals surface area contributed by atoms with E-state index in [-0.39, 0.29) is 46.1 Å². The van der Waals surface area contributed by atoms with Crippen molar-refractivity contribution in [3.8, 4) is 22.6 Å². The van der Waals surface area contributed by atoms with E-state index in [1.54, 1.807) is 6.92 Å². The van der Waals surface area contributed by atoms with Gasteiger partial charge in [-0.25, -0.2) is 32.6 Å². The summed E-state index contributed by atoms with van der Waals surface area (Å²) in [6.45, 7) is 1.80. The van der Waals surface area contributed by atoms with Crippen molar-refractivity contribution in [3.05, 3.63) is 41.1 Å². The molecule has 1 amide bonds. The van der Waals surface area contributed by atoms with E-state index in [1.807, 2.05) is 4.72 Å². The minimum atomic E-state index is -4.72. The van der Waals surface area contributed by atoms with Crippen LogP contribution in [0.25, 0.3) is 22.6 Å². The first-order chi connectivity index (χ1) is 18.7. The number of imidazole rings is 1. The summed E-state index contributed by atoms with van der Waals surface area (Å²) in [5.74, 6) is -1.59. The number of sulfonamides is 1. The van der Waals surface area contributed by atoms with Gasteiger partial charge in [0.25, 0.3) is 0 Å². The molecule has 1 atom stereocenters. The Kier molecular flexibility index (Phi) is 8.39. The number of hydrogen-bond donors (Lipinski definition) is 5. The van der Waals surface area contributed by atoms with E-state index in [1.165, 1.54) is 18.3 Å². The van der Waals surface area contributed by atoms with Gasteiger partial charge in [0.1, 0.15) is 11.5 Å². The number of H-pyrrole nitrogens is 1. The van der Waals surface area contributed by atoms with E-state index in [2.05, 4.69) is 30.6 Å². The second kappa shape index (κ2) is 11.4. The summed E-state index contributed by atoms with van der Waals surface area (Å²) in [4.78, 5) is 27.0. The normalized spacial score (nSPS) is 14.6. The number of aromatic nitrogens is 4. The first-order valence-corrected chi connectivity index (χ1v) is 14.0. The number of amides is 1. The van der Waals surface area contributed by atoms with Crippen molar-refractivity contribution in [2.24, 2.45) is 0 Å². The molecule has 0 bridgehead atoms. The second-order valence-corrected chi connectivity index (χ2v) is 11.5. The standard InChI is InChI=1S/C23H24ClF4N7O4S/c1-11(31-22(36)37)10-30-21-29-6-4-15(32-21)19-18(33-20(34-19)12-2-3-12)14-8-13(24)9-16(17(14)25)35-40(38,39)7-5-23(26,27)28/h4,6,8-9,11-12,31,35H,2-3,5,7,10H2,1H3,(H,33,34)(H,36,37)(H,29,30,32)/t11-/m0/s1. The fourth-order valence-electron chi connectivity index (χ4n) is 3.72. The maximum absolute atomic E-state index is 15.7. The number of aromatic amines is 1. The minimum absolute atomic E-state index is 0.0802. The smallest absolute Gasteiger partial charge is 0.404 e. The van der Waals surface area contributed by atoms with Crippen LogP contribution in [-0.2, 0) is 10.0 Å². The van der Waals surface area contributed by atoms with Crippen molar-refractivity contribution >= 4 is 39.4 Å². The molecule has 0 unspecified atom stereocenters. The third-order valence-corrected chi connectivity index (χ3v) is 7.24. The van der Waals surface area contributed by atoms with Crippen molar-refractivity contribution in [1.82, 2.24) is 25.3 Å². The molecule has 1 aromatic carbocycles. The average molecular weight is 606 g/mol. The Hall–Kier alpha value is -3.66. The molecule has 216 valence electrons. The molecule has 1 fully saturated rings. The highest BCUT2D eigenvalue weighted by molar-refractivity contribution is 7.92. The summed E-state index contributed by atoms with van der Waals surface area (Å²) < 4.78 is 79.7. The lowest BCUT2D eigenvalue weighted by molar-refractivity contribution is -0.129. The molecule has 17 heteroatoms. The predicted octanol–water partition coefficient (Wildman–Crippen LogP) is 4.97. The minimum Gasteiger partial charge on any atom is -0.465 e. The van der Waals surface area contributed by atoms with Crippen LogP contribution in [0.4, 0.5) is 34.0 Å². The highest BCUT2D eigenvalue weighted by Gasteiger charge is 2.32. The van der Waals surface area contributed by atoms with E-state index in [0.29, 0.717) is 5.82 Å². The Morgan fingerprint density at radius 1 is 1.27 bits per heavy atom. The van der Waals surface area contributed by atoms with Crippen molar-refractivity contribution in [2.75, 3.05) is 22.3 Å². The average Bonchev–Trinajstić information content (AvgIpc) is 3.61.